The average Bonchev–Trinajstić information content (AvgIpc) is 2.76. The van der Waals surface area contributed by atoms with Crippen LogP contribution in [0.25, 0.3) is 0 Å². The number of nitrogens with two attached hydrogens (primary N) is 2. The number of amides is 3. The highest BCUT2D eigenvalue weighted by atomic mass is 32.1. The molecule has 0 aliphatic heterocycles. The summed E-state index contributed by atoms with van der Waals surface area (Å²) in [6.07, 6.45) is 1.69. The molecule has 0 fully saturated rings. The molecule has 3 amide bonds. The summed E-state index contributed by atoms with van der Waals surface area (Å²) >= 11 is 3.96. The molecule has 0 radical (unpaired) electrons. The van der Waals surface area contributed by atoms with Crippen molar-refractivity contribution in [1.82, 2.24) is 16.0 Å². The van der Waals surface area contributed by atoms with E-state index in [0.29, 0.717) is 25.8 Å². The van der Waals surface area contributed by atoms with Crippen LogP contribution in [-0.2, 0) is 25.6 Å². The van der Waals surface area contributed by atoms with E-state index in [1.807, 2.05) is 0 Å². The van der Waals surface area contributed by atoms with Gasteiger partial charge >= 0.3 is 5.97 Å². The van der Waals surface area contributed by atoms with Gasteiger partial charge in [-0.05, 0) is 31.4 Å². The summed E-state index contributed by atoms with van der Waals surface area (Å²) in [6.45, 7) is 0.0120. The lowest BCUT2D eigenvalue weighted by Crippen LogP contribution is -2.54. The Hall–Kier alpha value is -2.63. The molecule has 3 atom stereocenters. The second kappa shape index (κ2) is 14.4. The SMILES string of the molecule is NCCCCC(NC(=O)C(N)CS)C(=O)NCC(=O)NC(Cc1ccccc1)C(=O)O. The highest BCUT2D eigenvalue weighted by Gasteiger charge is 2.24. The van der Waals surface area contributed by atoms with Gasteiger partial charge in [0, 0.05) is 12.2 Å². The first-order valence-electron chi connectivity index (χ1n) is 9.99. The number of carboxylic acid groups (broad SMARTS) is 1. The lowest BCUT2D eigenvalue weighted by atomic mass is 10.1. The van der Waals surface area contributed by atoms with Crippen molar-refractivity contribution in [3.05, 3.63) is 35.9 Å². The first-order chi connectivity index (χ1) is 14.8. The first-order valence-corrected chi connectivity index (χ1v) is 10.6. The fourth-order valence-corrected chi connectivity index (χ4v) is 2.87. The molecule has 1 rings (SSSR count). The van der Waals surface area contributed by atoms with Crippen molar-refractivity contribution in [1.29, 1.82) is 0 Å². The maximum absolute atomic E-state index is 12.5. The second-order valence-electron chi connectivity index (χ2n) is 7.00. The second-order valence-corrected chi connectivity index (χ2v) is 7.37. The third kappa shape index (κ3) is 10.3. The Labute approximate surface area is 186 Å². The molecule has 1 aromatic carbocycles. The lowest BCUT2D eigenvalue weighted by molar-refractivity contribution is -0.141. The topological polar surface area (TPSA) is 177 Å². The van der Waals surface area contributed by atoms with Gasteiger partial charge in [0.15, 0.2) is 0 Å². The maximum atomic E-state index is 12.5. The van der Waals surface area contributed by atoms with E-state index in [9.17, 15) is 24.3 Å². The van der Waals surface area contributed by atoms with Crippen LogP contribution in [0.5, 0.6) is 0 Å². The van der Waals surface area contributed by atoms with Crippen molar-refractivity contribution in [2.45, 2.75) is 43.8 Å². The number of carboxylic acids is 1. The zero-order valence-electron chi connectivity index (χ0n) is 17.3. The molecule has 8 N–H and O–H groups in total. The molecule has 0 aromatic heterocycles. The van der Waals surface area contributed by atoms with E-state index >= 15 is 0 Å². The van der Waals surface area contributed by atoms with Crippen LogP contribution < -0.4 is 27.4 Å². The molecule has 0 heterocycles. The number of carbonyl (C=O) groups excluding carboxylic acids is 3. The summed E-state index contributed by atoms with van der Waals surface area (Å²) in [5, 5.41) is 16.7. The molecular weight excluding hydrogens is 422 g/mol. The van der Waals surface area contributed by atoms with Gasteiger partial charge < -0.3 is 32.5 Å². The molecule has 0 bridgehead atoms. The summed E-state index contributed by atoms with van der Waals surface area (Å²) in [5.74, 6) is -2.82. The van der Waals surface area contributed by atoms with Crippen molar-refractivity contribution in [3.8, 4) is 0 Å². The molecule has 0 spiro atoms. The highest BCUT2D eigenvalue weighted by Crippen LogP contribution is 2.04. The van der Waals surface area contributed by atoms with Crippen molar-refractivity contribution in [2.75, 3.05) is 18.8 Å². The van der Waals surface area contributed by atoms with Crippen molar-refractivity contribution < 1.29 is 24.3 Å². The molecule has 1 aromatic rings. The van der Waals surface area contributed by atoms with E-state index < -0.39 is 48.4 Å². The minimum absolute atomic E-state index is 0.106. The molecule has 0 aliphatic carbocycles. The minimum atomic E-state index is -1.18. The summed E-state index contributed by atoms with van der Waals surface area (Å²) in [5.41, 5.74) is 11.8. The number of aliphatic carboxylic acids is 1. The molecule has 10 nitrogen and oxygen atoms in total. The third-order valence-corrected chi connectivity index (χ3v) is 4.85. The predicted molar refractivity (Wildman–Crippen MR) is 119 cm³/mol. The van der Waals surface area contributed by atoms with Crippen LogP contribution in [0.1, 0.15) is 24.8 Å². The number of hydrogen-bond donors (Lipinski definition) is 7. The van der Waals surface area contributed by atoms with Crippen LogP contribution in [0.3, 0.4) is 0 Å². The van der Waals surface area contributed by atoms with Gasteiger partial charge in [-0.15, -0.1) is 0 Å². The van der Waals surface area contributed by atoms with E-state index in [1.165, 1.54) is 0 Å². The summed E-state index contributed by atoms with van der Waals surface area (Å²) in [4.78, 5) is 48.2. The molecule has 172 valence electrons. The molecule has 3 unspecified atom stereocenters. The number of rotatable bonds is 14. The number of nitrogens with one attached hydrogen (secondary N) is 3. The Bertz CT molecular complexity index is 734. The monoisotopic (exact) mass is 453 g/mol. The summed E-state index contributed by atoms with van der Waals surface area (Å²) in [6, 6.07) is 5.97. The molecule has 11 heteroatoms. The van der Waals surface area contributed by atoms with Gasteiger partial charge in [0.1, 0.15) is 12.1 Å². The van der Waals surface area contributed by atoms with Crippen LogP contribution >= 0.6 is 12.6 Å². The van der Waals surface area contributed by atoms with Crippen LogP contribution in [0, 0.1) is 0 Å². The summed E-state index contributed by atoms with van der Waals surface area (Å²) < 4.78 is 0. The molecule has 0 saturated heterocycles. The van der Waals surface area contributed by atoms with Gasteiger partial charge in [-0.1, -0.05) is 30.3 Å². The lowest BCUT2D eigenvalue weighted by Gasteiger charge is -2.20. The number of thiol groups is 1. The van der Waals surface area contributed by atoms with E-state index in [1.54, 1.807) is 30.3 Å². The van der Waals surface area contributed by atoms with Gasteiger partial charge in [0.2, 0.25) is 17.7 Å². The number of unbranched alkanes of at least 4 members (excludes halogenated alkanes) is 1. The van der Waals surface area contributed by atoms with Gasteiger partial charge in [0.05, 0.1) is 12.6 Å². The smallest absolute Gasteiger partial charge is 0.326 e. The Morgan fingerprint density at radius 1 is 1.00 bits per heavy atom. The van der Waals surface area contributed by atoms with Crippen LogP contribution in [-0.4, -0.2) is 65.8 Å². The van der Waals surface area contributed by atoms with E-state index in [-0.39, 0.29) is 12.2 Å². The Kier molecular flexibility index (Phi) is 12.3. The number of carbonyl (C=O) groups is 4. The largest absolute Gasteiger partial charge is 0.480 e. The van der Waals surface area contributed by atoms with E-state index in [0.717, 1.165) is 5.56 Å². The fraction of sp³-hybridized carbons (Fsp3) is 0.500. The predicted octanol–water partition coefficient (Wildman–Crippen LogP) is -1.21. The molecule has 0 saturated carbocycles. The first kappa shape index (κ1) is 26.4. The number of benzene rings is 1. The highest BCUT2D eigenvalue weighted by molar-refractivity contribution is 7.80. The average molecular weight is 454 g/mol. The van der Waals surface area contributed by atoms with Crippen molar-refractivity contribution in [3.63, 3.8) is 0 Å². The third-order valence-electron chi connectivity index (χ3n) is 4.45. The Balaban J connectivity index is 2.63. The standard InChI is InChI=1S/C20H31N5O5S/c21-9-5-4-8-15(25-18(27)14(22)12-31)19(28)23-11-17(26)24-16(20(29)30)10-13-6-2-1-3-7-13/h1-3,6-7,14-16,31H,4-5,8-12,21-22H2,(H,23,28)(H,24,26)(H,25,27)(H,29,30). The maximum Gasteiger partial charge on any atom is 0.326 e. The zero-order valence-corrected chi connectivity index (χ0v) is 18.1. The van der Waals surface area contributed by atoms with Crippen LogP contribution in [0.15, 0.2) is 30.3 Å². The zero-order chi connectivity index (χ0) is 23.2. The minimum Gasteiger partial charge on any atom is -0.480 e. The van der Waals surface area contributed by atoms with Crippen LogP contribution in [0.2, 0.25) is 0 Å². The van der Waals surface area contributed by atoms with Gasteiger partial charge in [0.25, 0.3) is 0 Å². The van der Waals surface area contributed by atoms with Gasteiger partial charge in [-0.3, -0.25) is 14.4 Å². The van der Waals surface area contributed by atoms with Crippen molar-refractivity contribution >= 4 is 36.3 Å². The Morgan fingerprint density at radius 3 is 2.26 bits per heavy atom. The van der Waals surface area contributed by atoms with Crippen molar-refractivity contribution in [2.24, 2.45) is 11.5 Å². The molecule has 0 aliphatic rings. The summed E-state index contributed by atoms with van der Waals surface area (Å²) in [7, 11) is 0. The normalized spacial score (nSPS) is 13.5. The quantitative estimate of drug-likeness (QED) is 0.136. The Morgan fingerprint density at radius 2 is 1.68 bits per heavy atom. The molecule has 31 heavy (non-hydrogen) atoms. The molecular formula is C20H31N5O5S. The van der Waals surface area contributed by atoms with Gasteiger partial charge in [-0.2, -0.15) is 12.6 Å². The van der Waals surface area contributed by atoms with Gasteiger partial charge in [-0.25, -0.2) is 4.79 Å². The van der Waals surface area contributed by atoms with E-state index in [4.69, 9.17) is 11.5 Å². The van der Waals surface area contributed by atoms with Crippen LogP contribution in [0.4, 0.5) is 0 Å². The number of hydrogen-bond acceptors (Lipinski definition) is 7. The fourth-order valence-electron chi connectivity index (χ4n) is 2.71. The van der Waals surface area contributed by atoms with E-state index in [2.05, 4.69) is 28.6 Å².